The molecule has 1 aliphatic rings. The number of amides is 1. The standard InChI is InChI=1S/C14H18ClN3O4/c1-9-5-11(18(20)21)6-13(15)14(9)17-3-4-22-12(8-17)7-16-10(2)19/h5-6,12H,3-4,7-8H2,1-2H3,(H,16,19). The maximum atomic E-state index is 11.0. The van der Waals surface area contributed by atoms with Crippen LogP contribution < -0.4 is 10.2 Å². The minimum atomic E-state index is -0.457. The maximum absolute atomic E-state index is 11.0. The second-order valence-corrected chi connectivity index (χ2v) is 5.63. The lowest BCUT2D eigenvalue weighted by Crippen LogP contribution is -2.47. The highest BCUT2D eigenvalue weighted by Gasteiger charge is 2.25. The van der Waals surface area contributed by atoms with Crippen molar-refractivity contribution in [3.8, 4) is 0 Å². The van der Waals surface area contributed by atoms with Crippen LogP contribution in [0.5, 0.6) is 0 Å². The first-order chi connectivity index (χ1) is 10.4. The predicted molar refractivity (Wildman–Crippen MR) is 83.5 cm³/mol. The summed E-state index contributed by atoms with van der Waals surface area (Å²) in [4.78, 5) is 23.4. The van der Waals surface area contributed by atoms with E-state index in [1.165, 1.54) is 19.1 Å². The van der Waals surface area contributed by atoms with Gasteiger partial charge in [-0.25, -0.2) is 0 Å². The minimum absolute atomic E-state index is 0.0192. The second-order valence-electron chi connectivity index (χ2n) is 5.23. The summed E-state index contributed by atoms with van der Waals surface area (Å²) in [7, 11) is 0. The van der Waals surface area contributed by atoms with Gasteiger partial charge in [-0.1, -0.05) is 11.6 Å². The first-order valence-corrected chi connectivity index (χ1v) is 7.32. The van der Waals surface area contributed by atoms with Crippen LogP contribution in [0.3, 0.4) is 0 Å². The predicted octanol–water partition coefficient (Wildman–Crippen LogP) is 1.90. The number of rotatable bonds is 4. The lowest BCUT2D eigenvalue weighted by atomic mass is 10.1. The Kier molecular flexibility index (Phi) is 5.20. The topological polar surface area (TPSA) is 84.7 Å². The van der Waals surface area contributed by atoms with Gasteiger partial charge < -0.3 is 15.0 Å². The van der Waals surface area contributed by atoms with Crippen LogP contribution in [0.1, 0.15) is 12.5 Å². The molecule has 1 amide bonds. The Morgan fingerprint density at radius 1 is 1.59 bits per heavy atom. The molecule has 0 aromatic heterocycles. The highest BCUT2D eigenvalue weighted by molar-refractivity contribution is 6.33. The molecule has 120 valence electrons. The second kappa shape index (κ2) is 6.93. The van der Waals surface area contributed by atoms with E-state index in [1.54, 1.807) is 6.92 Å². The SMILES string of the molecule is CC(=O)NCC1CN(c2c(C)cc([N+](=O)[O-])cc2Cl)CCO1. The molecule has 22 heavy (non-hydrogen) atoms. The van der Waals surface area contributed by atoms with Crippen molar-refractivity contribution in [3.63, 3.8) is 0 Å². The molecule has 1 unspecified atom stereocenters. The number of nitrogens with zero attached hydrogens (tertiary/aromatic N) is 2. The third-order valence-electron chi connectivity index (χ3n) is 3.48. The minimum Gasteiger partial charge on any atom is -0.373 e. The summed E-state index contributed by atoms with van der Waals surface area (Å²) in [6.07, 6.45) is -0.136. The molecule has 1 aromatic rings. The fourth-order valence-electron chi connectivity index (χ4n) is 2.53. The molecule has 1 atom stereocenters. The summed E-state index contributed by atoms with van der Waals surface area (Å²) in [5.41, 5.74) is 1.51. The number of benzene rings is 1. The van der Waals surface area contributed by atoms with Gasteiger partial charge in [-0.2, -0.15) is 0 Å². The molecule has 0 bridgehead atoms. The van der Waals surface area contributed by atoms with Crippen molar-refractivity contribution in [2.45, 2.75) is 20.0 Å². The Hall–Kier alpha value is -1.86. The molecule has 0 saturated carbocycles. The fraction of sp³-hybridized carbons (Fsp3) is 0.500. The molecule has 1 saturated heterocycles. The van der Waals surface area contributed by atoms with Gasteiger partial charge >= 0.3 is 0 Å². The third-order valence-corrected chi connectivity index (χ3v) is 3.77. The number of halogens is 1. The number of ether oxygens (including phenoxy) is 1. The van der Waals surface area contributed by atoms with Gasteiger partial charge in [0.05, 0.1) is 28.3 Å². The first kappa shape index (κ1) is 16.5. The van der Waals surface area contributed by atoms with E-state index in [0.29, 0.717) is 31.3 Å². The van der Waals surface area contributed by atoms with E-state index in [4.69, 9.17) is 16.3 Å². The van der Waals surface area contributed by atoms with Crippen molar-refractivity contribution >= 4 is 28.9 Å². The smallest absolute Gasteiger partial charge is 0.271 e. The molecule has 1 heterocycles. The van der Waals surface area contributed by atoms with E-state index in [0.717, 1.165) is 11.3 Å². The molecule has 0 aliphatic carbocycles. The molecule has 1 fully saturated rings. The zero-order valence-electron chi connectivity index (χ0n) is 12.5. The van der Waals surface area contributed by atoms with Crippen molar-refractivity contribution in [2.24, 2.45) is 0 Å². The number of nitrogens with one attached hydrogen (secondary N) is 1. The zero-order valence-corrected chi connectivity index (χ0v) is 13.2. The van der Waals surface area contributed by atoms with Crippen LogP contribution in [-0.2, 0) is 9.53 Å². The van der Waals surface area contributed by atoms with Crippen LogP contribution in [0.2, 0.25) is 5.02 Å². The van der Waals surface area contributed by atoms with Crippen LogP contribution in [0, 0.1) is 17.0 Å². The number of morpholine rings is 1. The maximum Gasteiger partial charge on any atom is 0.271 e. The summed E-state index contributed by atoms with van der Waals surface area (Å²) in [5, 5.41) is 13.9. The molecule has 1 aliphatic heterocycles. The number of hydrogen-bond acceptors (Lipinski definition) is 5. The van der Waals surface area contributed by atoms with Gasteiger partial charge in [0.1, 0.15) is 0 Å². The number of non-ortho nitro benzene ring substituents is 1. The largest absolute Gasteiger partial charge is 0.373 e. The lowest BCUT2D eigenvalue weighted by molar-refractivity contribution is -0.384. The van der Waals surface area contributed by atoms with Crippen LogP contribution in [0.15, 0.2) is 12.1 Å². The van der Waals surface area contributed by atoms with Gasteiger partial charge in [0, 0.05) is 38.7 Å². The molecular formula is C14H18ClN3O4. The lowest BCUT2D eigenvalue weighted by Gasteiger charge is -2.35. The Morgan fingerprint density at radius 3 is 2.91 bits per heavy atom. The van der Waals surface area contributed by atoms with Gasteiger partial charge in [-0.3, -0.25) is 14.9 Å². The Labute approximate surface area is 133 Å². The first-order valence-electron chi connectivity index (χ1n) is 6.94. The van der Waals surface area contributed by atoms with Gasteiger partial charge in [0.2, 0.25) is 5.91 Å². The molecule has 7 nitrogen and oxygen atoms in total. The highest BCUT2D eigenvalue weighted by Crippen LogP contribution is 2.34. The van der Waals surface area contributed by atoms with Gasteiger partial charge in [0.15, 0.2) is 0 Å². The normalized spacial score (nSPS) is 18.1. The summed E-state index contributed by atoms with van der Waals surface area (Å²) in [6.45, 7) is 5.41. The summed E-state index contributed by atoms with van der Waals surface area (Å²) < 4.78 is 5.61. The van der Waals surface area contributed by atoms with E-state index in [-0.39, 0.29) is 17.7 Å². The molecule has 2 rings (SSSR count). The number of hydrogen-bond donors (Lipinski definition) is 1. The molecule has 8 heteroatoms. The molecule has 1 aromatic carbocycles. The Morgan fingerprint density at radius 2 is 2.32 bits per heavy atom. The van der Waals surface area contributed by atoms with E-state index >= 15 is 0 Å². The van der Waals surface area contributed by atoms with Gasteiger partial charge in [-0.15, -0.1) is 0 Å². The van der Waals surface area contributed by atoms with Crippen LogP contribution in [0.25, 0.3) is 0 Å². The van der Waals surface area contributed by atoms with Crippen molar-refractivity contribution in [1.82, 2.24) is 5.32 Å². The van der Waals surface area contributed by atoms with E-state index in [1.807, 2.05) is 4.90 Å². The summed E-state index contributed by atoms with van der Waals surface area (Å²) in [6, 6.07) is 2.88. The molecule has 1 N–H and O–H groups in total. The van der Waals surface area contributed by atoms with Gasteiger partial charge in [-0.05, 0) is 12.5 Å². The number of nitro benzene ring substituents is 1. The van der Waals surface area contributed by atoms with Crippen molar-refractivity contribution < 1.29 is 14.5 Å². The number of aryl methyl sites for hydroxylation is 1. The fourth-order valence-corrected chi connectivity index (χ4v) is 2.91. The highest BCUT2D eigenvalue weighted by atomic mass is 35.5. The van der Waals surface area contributed by atoms with E-state index in [9.17, 15) is 14.9 Å². The molecule has 0 radical (unpaired) electrons. The van der Waals surface area contributed by atoms with Crippen LogP contribution in [-0.4, -0.2) is 43.2 Å². The molecular weight excluding hydrogens is 310 g/mol. The third kappa shape index (κ3) is 3.86. The monoisotopic (exact) mass is 327 g/mol. The average Bonchev–Trinajstić information content (AvgIpc) is 2.44. The van der Waals surface area contributed by atoms with Crippen molar-refractivity contribution in [3.05, 3.63) is 32.8 Å². The number of anilines is 1. The van der Waals surface area contributed by atoms with Crippen molar-refractivity contribution in [1.29, 1.82) is 0 Å². The Balaban J connectivity index is 2.17. The number of nitro groups is 1. The van der Waals surface area contributed by atoms with E-state index in [2.05, 4.69) is 5.32 Å². The van der Waals surface area contributed by atoms with Crippen LogP contribution >= 0.6 is 11.6 Å². The summed E-state index contributed by atoms with van der Waals surface area (Å²) >= 11 is 6.23. The number of carbonyl (C=O) groups is 1. The number of carbonyl (C=O) groups excluding carboxylic acids is 1. The molecule has 0 spiro atoms. The van der Waals surface area contributed by atoms with Crippen molar-refractivity contribution in [2.75, 3.05) is 31.1 Å². The van der Waals surface area contributed by atoms with Gasteiger partial charge in [0.25, 0.3) is 5.69 Å². The van der Waals surface area contributed by atoms with E-state index < -0.39 is 4.92 Å². The quantitative estimate of drug-likeness (QED) is 0.674. The Bertz CT molecular complexity index is 570. The summed E-state index contributed by atoms with van der Waals surface area (Å²) in [5.74, 6) is -0.106. The van der Waals surface area contributed by atoms with Crippen LogP contribution in [0.4, 0.5) is 11.4 Å². The zero-order chi connectivity index (χ0) is 16.3. The average molecular weight is 328 g/mol.